The lowest BCUT2D eigenvalue weighted by Gasteiger charge is -2.43. The van der Waals surface area contributed by atoms with Gasteiger partial charge < -0.3 is 5.73 Å². The van der Waals surface area contributed by atoms with Gasteiger partial charge >= 0.3 is 0 Å². The molecule has 2 atom stereocenters. The molecular weight excluding hydrogens is 272 g/mol. The summed E-state index contributed by atoms with van der Waals surface area (Å²) in [4.78, 5) is 2.55. The van der Waals surface area contributed by atoms with E-state index >= 15 is 0 Å². The van der Waals surface area contributed by atoms with E-state index in [0.717, 1.165) is 42.3 Å². The van der Waals surface area contributed by atoms with Crippen LogP contribution in [0.1, 0.15) is 44.5 Å². The quantitative estimate of drug-likeness (QED) is 0.908. The molecule has 2 N–H and O–H groups in total. The van der Waals surface area contributed by atoms with E-state index in [-0.39, 0.29) is 11.6 Å². The van der Waals surface area contributed by atoms with Gasteiger partial charge in [0.25, 0.3) is 0 Å². The molecule has 5 heteroatoms. The van der Waals surface area contributed by atoms with Crippen molar-refractivity contribution in [2.75, 3.05) is 13.1 Å². The van der Waals surface area contributed by atoms with Crippen LogP contribution in [-0.4, -0.2) is 39.4 Å². The van der Waals surface area contributed by atoms with E-state index in [9.17, 15) is 0 Å². The lowest BCUT2D eigenvalue weighted by Crippen LogP contribution is -2.57. The maximum absolute atomic E-state index is 6.58. The topological polar surface area (TPSA) is 47.1 Å². The Morgan fingerprint density at radius 3 is 2.45 bits per heavy atom. The second-order valence-corrected chi connectivity index (χ2v) is 6.56. The zero-order valence-corrected chi connectivity index (χ0v) is 13.9. The molecule has 0 aliphatic carbocycles. The average molecular weight is 299 g/mol. The number of likely N-dealkylation sites (tertiary alicyclic amines) is 1. The van der Waals surface area contributed by atoms with Crippen LogP contribution in [0.4, 0.5) is 0 Å². The molecule has 2 heterocycles. The molecule has 0 radical (unpaired) electrons. The standard InChI is InChI=1S/C15H27ClN4/c1-5-15(3,20-8-6-7-9-20)13(17)10-12-14(16)11(2)18-19(12)4/h13H,5-10,17H2,1-4H3. The summed E-state index contributed by atoms with van der Waals surface area (Å²) in [6.45, 7) is 8.79. The van der Waals surface area contributed by atoms with E-state index in [1.165, 1.54) is 12.8 Å². The number of aryl methyl sites for hydroxylation is 2. The Bertz CT molecular complexity index is 465. The average Bonchev–Trinajstić information content (AvgIpc) is 3.03. The summed E-state index contributed by atoms with van der Waals surface area (Å²) in [7, 11) is 1.94. The van der Waals surface area contributed by atoms with Gasteiger partial charge in [-0.25, -0.2) is 0 Å². The lowest BCUT2D eigenvalue weighted by molar-refractivity contribution is 0.0991. The summed E-state index contributed by atoms with van der Waals surface area (Å²) < 4.78 is 1.87. The Morgan fingerprint density at radius 2 is 2.00 bits per heavy atom. The normalized spacial score (nSPS) is 21.1. The van der Waals surface area contributed by atoms with Gasteiger partial charge in [-0.15, -0.1) is 0 Å². The van der Waals surface area contributed by atoms with E-state index in [2.05, 4.69) is 23.8 Å². The van der Waals surface area contributed by atoms with E-state index in [1.807, 2.05) is 18.7 Å². The van der Waals surface area contributed by atoms with Crippen molar-refractivity contribution in [1.29, 1.82) is 0 Å². The Kier molecular flexibility index (Phi) is 4.77. The predicted octanol–water partition coefficient (Wildman–Crippen LogP) is 2.52. The van der Waals surface area contributed by atoms with Crippen LogP contribution >= 0.6 is 11.6 Å². The minimum atomic E-state index is 0.0397. The summed E-state index contributed by atoms with van der Waals surface area (Å²) in [5.74, 6) is 0. The fraction of sp³-hybridized carbons (Fsp3) is 0.800. The molecule has 2 rings (SSSR count). The summed E-state index contributed by atoms with van der Waals surface area (Å²) in [6, 6.07) is 0.0675. The molecule has 114 valence electrons. The second-order valence-electron chi connectivity index (χ2n) is 6.19. The highest BCUT2D eigenvalue weighted by molar-refractivity contribution is 6.31. The first kappa shape index (κ1) is 15.8. The Labute approximate surface area is 127 Å². The molecule has 1 aromatic rings. The monoisotopic (exact) mass is 298 g/mol. The molecule has 0 saturated carbocycles. The molecule has 1 aliphatic rings. The number of hydrogen-bond donors (Lipinski definition) is 1. The summed E-state index contributed by atoms with van der Waals surface area (Å²) in [5, 5.41) is 5.15. The smallest absolute Gasteiger partial charge is 0.0847 e. The van der Waals surface area contributed by atoms with Crippen LogP contribution in [0.2, 0.25) is 5.02 Å². The van der Waals surface area contributed by atoms with Crippen molar-refractivity contribution < 1.29 is 0 Å². The van der Waals surface area contributed by atoms with Gasteiger partial charge in [-0.05, 0) is 46.2 Å². The van der Waals surface area contributed by atoms with E-state index in [0.29, 0.717) is 0 Å². The van der Waals surface area contributed by atoms with Crippen molar-refractivity contribution in [2.24, 2.45) is 12.8 Å². The molecule has 20 heavy (non-hydrogen) atoms. The molecule has 0 amide bonds. The van der Waals surface area contributed by atoms with Gasteiger partial charge in [0, 0.05) is 25.0 Å². The van der Waals surface area contributed by atoms with Crippen molar-refractivity contribution in [2.45, 2.75) is 58.0 Å². The van der Waals surface area contributed by atoms with Crippen molar-refractivity contribution in [3.63, 3.8) is 0 Å². The van der Waals surface area contributed by atoms with Crippen LogP contribution < -0.4 is 5.73 Å². The van der Waals surface area contributed by atoms with Gasteiger partial charge in [0.2, 0.25) is 0 Å². The van der Waals surface area contributed by atoms with Gasteiger partial charge in [0.1, 0.15) is 0 Å². The summed E-state index contributed by atoms with van der Waals surface area (Å²) in [6.07, 6.45) is 4.40. The number of nitrogens with zero attached hydrogens (tertiary/aromatic N) is 3. The van der Waals surface area contributed by atoms with Crippen molar-refractivity contribution in [3.8, 4) is 0 Å². The van der Waals surface area contributed by atoms with Crippen LogP contribution in [0.25, 0.3) is 0 Å². The molecule has 1 saturated heterocycles. The first-order chi connectivity index (χ1) is 9.40. The summed E-state index contributed by atoms with van der Waals surface area (Å²) in [5.41, 5.74) is 8.56. The first-order valence-corrected chi connectivity index (χ1v) is 7.96. The third-order valence-corrected chi connectivity index (χ3v) is 5.51. The third kappa shape index (κ3) is 2.74. The lowest BCUT2D eigenvalue weighted by atomic mass is 9.85. The molecule has 0 spiro atoms. The molecule has 0 aromatic carbocycles. The van der Waals surface area contributed by atoms with Gasteiger partial charge in [-0.2, -0.15) is 5.10 Å². The van der Waals surface area contributed by atoms with Crippen LogP contribution in [0, 0.1) is 6.92 Å². The van der Waals surface area contributed by atoms with Gasteiger partial charge in [0.15, 0.2) is 0 Å². The summed E-state index contributed by atoms with van der Waals surface area (Å²) >= 11 is 6.36. The molecule has 2 unspecified atom stereocenters. The Hall–Kier alpha value is -0.580. The number of rotatable bonds is 5. The first-order valence-electron chi connectivity index (χ1n) is 7.58. The van der Waals surface area contributed by atoms with E-state index in [4.69, 9.17) is 17.3 Å². The Morgan fingerprint density at radius 1 is 1.40 bits per heavy atom. The highest BCUT2D eigenvalue weighted by atomic mass is 35.5. The van der Waals surface area contributed by atoms with Crippen LogP contribution in [-0.2, 0) is 13.5 Å². The minimum Gasteiger partial charge on any atom is -0.326 e. The van der Waals surface area contributed by atoms with Crippen LogP contribution in [0.5, 0.6) is 0 Å². The number of aromatic nitrogens is 2. The number of halogens is 1. The van der Waals surface area contributed by atoms with Crippen molar-refractivity contribution in [3.05, 3.63) is 16.4 Å². The molecule has 4 nitrogen and oxygen atoms in total. The zero-order valence-electron chi connectivity index (χ0n) is 13.1. The largest absolute Gasteiger partial charge is 0.326 e. The van der Waals surface area contributed by atoms with Crippen molar-refractivity contribution in [1.82, 2.24) is 14.7 Å². The maximum Gasteiger partial charge on any atom is 0.0847 e. The van der Waals surface area contributed by atoms with Crippen LogP contribution in [0.15, 0.2) is 0 Å². The highest BCUT2D eigenvalue weighted by Crippen LogP contribution is 2.30. The fourth-order valence-electron chi connectivity index (χ4n) is 3.28. The van der Waals surface area contributed by atoms with Gasteiger partial charge in [0.05, 0.1) is 16.4 Å². The molecular formula is C15H27ClN4. The molecule has 0 bridgehead atoms. The molecule has 1 fully saturated rings. The number of nitrogens with two attached hydrogens (primary N) is 1. The van der Waals surface area contributed by atoms with Gasteiger partial charge in [-0.1, -0.05) is 18.5 Å². The minimum absolute atomic E-state index is 0.0397. The fourth-order valence-corrected chi connectivity index (χ4v) is 3.52. The van der Waals surface area contributed by atoms with Crippen molar-refractivity contribution >= 4 is 11.6 Å². The molecule has 1 aromatic heterocycles. The highest BCUT2D eigenvalue weighted by Gasteiger charge is 2.38. The van der Waals surface area contributed by atoms with E-state index < -0.39 is 0 Å². The third-order valence-electron chi connectivity index (χ3n) is 5.02. The second kappa shape index (κ2) is 6.04. The van der Waals surface area contributed by atoms with Crippen LogP contribution in [0.3, 0.4) is 0 Å². The SMILES string of the molecule is CCC(C)(C(N)Cc1c(Cl)c(C)nn1C)N1CCCC1. The van der Waals surface area contributed by atoms with E-state index in [1.54, 1.807) is 0 Å². The number of hydrogen-bond acceptors (Lipinski definition) is 3. The predicted molar refractivity (Wildman–Crippen MR) is 84.1 cm³/mol. The zero-order chi connectivity index (χ0) is 14.9. The maximum atomic E-state index is 6.58. The molecule has 1 aliphatic heterocycles. The Balaban J connectivity index is 2.18. The van der Waals surface area contributed by atoms with Gasteiger partial charge in [-0.3, -0.25) is 9.58 Å².